The number of amides is 1. The van der Waals surface area contributed by atoms with E-state index in [-0.39, 0.29) is 5.91 Å². The van der Waals surface area contributed by atoms with Crippen molar-refractivity contribution in [1.29, 1.82) is 0 Å². The van der Waals surface area contributed by atoms with Crippen molar-refractivity contribution in [2.45, 2.75) is 19.8 Å². The Morgan fingerprint density at radius 3 is 2.60 bits per heavy atom. The molecule has 0 aliphatic carbocycles. The summed E-state index contributed by atoms with van der Waals surface area (Å²) in [7, 11) is 0. The first-order valence-corrected chi connectivity index (χ1v) is 9.21. The Labute approximate surface area is 152 Å². The van der Waals surface area contributed by atoms with Gasteiger partial charge in [0.05, 0.1) is 5.69 Å². The smallest absolute Gasteiger partial charge is 0.250 e. The van der Waals surface area contributed by atoms with E-state index in [2.05, 4.69) is 41.5 Å². The minimum absolute atomic E-state index is 0.178. The molecule has 25 heavy (non-hydrogen) atoms. The standard InChI is InChI=1S/C21H20N2OS/c1-2-6-16-9-12-18(13-10-16)19-15-25-21(22-19)23-20(24)14-11-17-7-4-3-5-8-17/h3-5,7-15H,2,6H2,1H3,(H,22,23,24). The summed E-state index contributed by atoms with van der Waals surface area (Å²) in [6, 6.07) is 18.2. The summed E-state index contributed by atoms with van der Waals surface area (Å²) in [5, 5.41) is 5.39. The Morgan fingerprint density at radius 1 is 1.12 bits per heavy atom. The molecule has 0 saturated heterocycles. The first-order chi connectivity index (χ1) is 12.2. The molecule has 3 nitrogen and oxygen atoms in total. The number of thiazole rings is 1. The number of nitrogens with one attached hydrogen (secondary N) is 1. The molecular formula is C21H20N2OS. The third-order valence-corrected chi connectivity index (χ3v) is 4.51. The van der Waals surface area contributed by atoms with Crippen molar-refractivity contribution in [2.24, 2.45) is 0 Å². The van der Waals surface area contributed by atoms with Crippen LogP contribution in [0.5, 0.6) is 0 Å². The fourth-order valence-electron chi connectivity index (χ4n) is 2.48. The maximum atomic E-state index is 12.0. The Bertz CT molecular complexity index is 851. The summed E-state index contributed by atoms with van der Waals surface area (Å²) in [5.41, 5.74) is 4.28. The quantitative estimate of drug-likeness (QED) is 0.605. The zero-order valence-corrected chi connectivity index (χ0v) is 14.9. The van der Waals surface area contributed by atoms with Crippen molar-refractivity contribution in [3.05, 3.63) is 77.2 Å². The highest BCUT2D eigenvalue weighted by Gasteiger charge is 2.06. The molecule has 3 aromatic rings. The number of carbonyl (C=O) groups is 1. The largest absolute Gasteiger partial charge is 0.298 e. The molecule has 0 atom stereocenters. The molecule has 0 aliphatic rings. The summed E-state index contributed by atoms with van der Waals surface area (Å²) in [5.74, 6) is -0.178. The van der Waals surface area contributed by atoms with Crippen LogP contribution in [-0.2, 0) is 11.2 Å². The van der Waals surface area contributed by atoms with E-state index in [1.54, 1.807) is 6.08 Å². The van der Waals surface area contributed by atoms with Crippen LogP contribution in [0, 0.1) is 0 Å². The summed E-state index contributed by atoms with van der Waals surface area (Å²) < 4.78 is 0. The first-order valence-electron chi connectivity index (χ1n) is 8.33. The van der Waals surface area contributed by atoms with Gasteiger partial charge < -0.3 is 0 Å². The van der Waals surface area contributed by atoms with Crippen LogP contribution in [0.2, 0.25) is 0 Å². The average molecular weight is 348 g/mol. The molecule has 1 heterocycles. The zero-order valence-electron chi connectivity index (χ0n) is 14.1. The molecule has 1 aromatic heterocycles. The first kappa shape index (κ1) is 17.1. The van der Waals surface area contributed by atoms with Gasteiger partial charge >= 0.3 is 0 Å². The highest BCUT2D eigenvalue weighted by Crippen LogP contribution is 2.25. The predicted molar refractivity (Wildman–Crippen MR) is 106 cm³/mol. The number of aromatic nitrogens is 1. The fourth-order valence-corrected chi connectivity index (χ4v) is 3.20. The average Bonchev–Trinajstić information content (AvgIpc) is 3.10. The van der Waals surface area contributed by atoms with Gasteiger partial charge in [-0.15, -0.1) is 11.3 Å². The lowest BCUT2D eigenvalue weighted by molar-refractivity contribution is -0.111. The van der Waals surface area contributed by atoms with Gasteiger partial charge in [-0.2, -0.15) is 0 Å². The van der Waals surface area contributed by atoms with Gasteiger partial charge in [-0.3, -0.25) is 10.1 Å². The fraction of sp³-hybridized carbons (Fsp3) is 0.143. The van der Waals surface area contributed by atoms with Crippen molar-refractivity contribution < 1.29 is 4.79 Å². The zero-order chi connectivity index (χ0) is 17.5. The number of hydrogen-bond acceptors (Lipinski definition) is 3. The highest BCUT2D eigenvalue weighted by atomic mass is 32.1. The minimum atomic E-state index is -0.178. The molecular weight excluding hydrogens is 328 g/mol. The molecule has 126 valence electrons. The van der Waals surface area contributed by atoms with E-state index < -0.39 is 0 Å². The van der Waals surface area contributed by atoms with Gasteiger partial charge in [0.15, 0.2) is 5.13 Å². The van der Waals surface area contributed by atoms with Crippen molar-refractivity contribution in [3.8, 4) is 11.3 Å². The molecule has 0 saturated carbocycles. The van der Waals surface area contributed by atoms with Crippen LogP contribution in [0.1, 0.15) is 24.5 Å². The van der Waals surface area contributed by atoms with Gasteiger partial charge in [0.2, 0.25) is 5.91 Å². The number of nitrogens with zero attached hydrogens (tertiary/aromatic N) is 1. The normalized spacial score (nSPS) is 10.9. The molecule has 0 unspecified atom stereocenters. The number of carbonyl (C=O) groups excluding carboxylic acids is 1. The predicted octanol–water partition coefficient (Wildman–Crippen LogP) is 5.41. The highest BCUT2D eigenvalue weighted by molar-refractivity contribution is 7.14. The Balaban J connectivity index is 1.63. The summed E-state index contributed by atoms with van der Waals surface area (Å²) in [6.45, 7) is 2.18. The number of hydrogen-bond donors (Lipinski definition) is 1. The van der Waals surface area contributed by atoms with Crippen LogP contribution in [0.25, 0.3) is 17.3 Å². The second kappa shape index (κ2) is 8.40. The van der Waals surface area contributed by atoms with Crippen LogP contribution in [-0.4, -0.2) is 10.9 Å². The van der Waals surface area contributed by atoms with Crippen LogP contribution in [0.15, 0.2) is 66.1 Å². The van der Waals surface area contributed by atoms with Gasteiger partial charge in [-0.25, -0.2) is 4.98 Å². The molecule has 0 aliphatic heterocycles. The maximum Gasteiger partial charge on any atom is 0.250 e. The van der Waals surface area contributed by atoms with Crippen molar-refractivity contribution >= 4 is 28.5 Å². The van der Waals surface area contributed by atoms with Crippen LogP contribution >= 0.6 is 11.3 Å². The lowest BCUT2D eigenvalue weighted by Gasteiger charge is -2.00. The summed E-state index contributed by atoms with van der Waals surface area (Å²) in [4.78, 5) is 16.5. The summed E-state index contributed by atoms with van der Waals surface area (Å²) in [6.07, 6.45) is 5.54. The van der Waals surface area contributed by atoms with E-state index in [0.717, 1.165) is 29.7 Å². The lowest BCUT2D eigenvalue weighted by atomic mass is 10.1. The monoisotopic (exact) mass is 348 g/mol. The van der Waals surface area contributed by atoms with Crippen molar-refractivity contribution in [1.82, 2.24) is 4.98 Å². The van der Waals surface area contributed by atoms with Crippen molar-refractivity contribution in [2.75, 3.05) is 5.32 Å². The summed E-state index contributed by atoms with van der Waals surface area (Å²) >= 11 is 1.43. The van der Waals surface area contributed by atoms with E-state index in [1.807, 2.05) is 35.7 Å². The Hall–Kier alpha value is -2.72. The van der Waals surface area contributed by atoms with Gasteiger partial charge in [0, 0.05) is 17.0 Å². The molecule has 0 fully saturated rings. The van der Waals surface area contributed by atoms with Crippen molar-refractivity contribution in [3.63, 3.8) is 0 Å². The molecule has 0 radical (unpaired) electrons. The van der Waals surface area contributed by atoms with Crippen LogP contribution in [0.3, 0.4) is 0 Å². The van der Waals surface area contributed by atoms with Crippen LogP contribution < -0.4 is 5.32 Å². The molecule has 1 N–H and O–H groups in total. The molecule has 3 rings (SSSR count). The minimum Gasteiger partial charge on any atom is -0.298 e. The van der Waals surface area contributed by atoms with E-state index in [4.69, 9.17) is 0 Å². The molecule has 2 aromatic carbocycles. The molecule has 1 amide bonds. The lowest BCUT2D eigenvalue weighted by Crippen LogP contribution is -2.07. The third-order valence-electron chi connectivity index (χ3n) is 3.75. The Morgan fingerprint density at radius 2 is 1.88 bits per heavy atom. The third kappa shape index (κ3) is 4.88. The molecule has 0 spiro atoms. The number of rotatable bonds is 6. The van der Waals surface area contributed by atoms with Gasteiger partial charge in [-0.1, -0.05) is 67.9 Å². The second-order valence-corrected chi connectivity index (χ2v) is 6.58. The molecule has 4 heteroatoms. The van der Waals surface area contributed by atoms with E-state index in [0.29, 0.717) is 5.13 Å². The van der Waals surface area contributed by atoms with Gasteiger partial charge in [0.25, 0.3) is 0 Å². The number of benzene rings is 2. The van der Waals surface area contributed by atoms with Gasteiger partial charge in [0.1, 0.15) is 0 Å². The maximum absolute atomic E-state index is 12.0. The second-order valence-electron chi connectivity index (χ2n) is 5.72. The van der Waals surface area contributed by atoms with E-state index in [1.165, 1.54) is 23.0 Å². The number of aryl methyl sites for hydroxylation is 1. The topological polar surface area (TPSA) is 42.0 Å². The van der Waals surface area contributed by atoms with Gasteiger partial charge in [-0.05, 0) is 23.6 Å². The van der Waals surface area contributed by atoms with Crippen LogP contribution in [0.4, 0.5) is 5.13 Å². The SMILES string of the molecule is CCCc1ccc(-c2csc(NC(=O)C=Cc3ccccc3)n2)cc1. The molecule has 0 bridgehead atoms. The van der Waals surface area contributed by atoms with E-state index >= 15 is 0 Å². The van der Waals surface area contributed by atoms with E-state index in [9.17, 15) is 4.79 Å². The Kier molecular flexibility index (Phi) is 5.75. The number of anilines is 1.